The number of aromatic nitrogens is 3. The normalized spacial score (nSPS) is 14.0. The summed E-state index contributed by atoms with van der Waals surface area (Å²) in [5, 5.41) is 0. The number of aryl methyl sites for hydroxylation is 1. The molecule has 0 radical (unpaired) electrons. The van der Waals surface area contributed by atoms with Crippen molar-refractivity contribution in [3.05, 3.63) is 55.0 Å². The fraction of sp³-hybridized carbons (Fsp3) is 0.176. The zero-order chi connectivity index (χ0) is 15.8. The van der Waals surface area contributed by atoms with E-state index in [1.807, 2.05) is 55.1 Å². The van der Waals surface area contributed by atoms with Crippen LogP contribution in [0.15, 0.2) is 55.0 Å². The van der Waals surface area contributed by atoms with E-state index in [0.717, 1.165) is 29.3 Å². The first-order valence-electron chi connectivity index (χ1n) is 7.41. The van der Waals surface area contributed by atoms with Crippen LogP contribution in [0.3, 0.4) is 0 Å². The quantitative estimate of drug-likeness (QED) is 0.744. The van der Waals surface area contributed by atoms with Crippen LogP contribution < -0.4 is 9.64 Å². The minimum absolute atomic E-state index is 0.534. The SMILES string of the molecule is CN1C=CN(c2ccc(Oc3nc4cccnc4n3C)cc2)C1. The molecule has 0 saturated heterocycles. The Kier molecular flexibility index (Phi) is 3.15. The van der Waals surface area contributed by atoms with E-state index in [1.165, 1.54) is 0 Å². The van der Waals surface area contributed by atoms with Gasteiger partial charge in [0.2, 0.25) is 0 Å². The maximum atomic E-state index is 5.90. The summed E-state index contributed by atoms with van der Waals surface area (Å²) in [5.74, 6) is 0.753. The van der Waals surface area contributed by atoms with Gasteiger partial charge in [0.1, 0.15) is 11.3 Å². The van der Waals surface area contributed by atoms with Crippen LogP contribution in [0, 0.1) is 0 Å². The molecular weight excluding hydrogens is 290 g/mol. The van der Waals surface area contributed by atoms with E-state index < -0.39 is 0 Å². The Bertz CT molecular complexity index is 868. The van der Waals surface area contributed by atoms with Crippen molar-refractivity contribution >= 4 is 16.9 Å². The molecule has 3 heterocycles. The summed E-state index contributed by atoms with van der Waals surface area (Å²) in [4.78, 5) is 13.1. The number of anilines is 1. The molecule has 6 nitrogen and oxygen atoms in total. The highest BCUT2D eigenvalue weighted by molar-refractivity contribution is 5.71. The number of hydrogen-bond acceptors (Lipinski definition) is 5. The van der Waals surface area contributed by atoms with Gasteiger partial charge in [-0.15, -0.1) is 0 Å². The third-order valence-electron chi connectivity index (χ3n) is 3.84. The van der Waals surface area contributed by atoms with Gasteiger partial charge in [-0.2, -0.15) is 4.98 Å². The van der Waals surface area contributed by atoms with E-state index in [0.29, 0.717) is 6.01 Å². The zero-order valence-electron chi connectivity index (χ0n) is 13.0. The van der Waals surface area contributed by atoms with Crippen LogP contribution in [0.5, 0.6) is 11.8 Å². The van der Waals surface area contributed by atoms with Gasteiger partial charge in [-0.1, -0.05) is 0 Å². The molecule has 0 bridgehead atoms. The largest absolute Gasteiger partial charge is 0.425 e. The van der Waals surface area contributed by atoms with Crippen molar-refractivity contribution in [1.29, 1.82) is 0 Å². The monoisotopic (exact) mass is 307 g/mol. The molecule has 1 aromatic carbocycles. The topological polar surface area (TPSA) is 46.4 Å². The highest BCUT2D eigenvalue weighted by Crippen LogP contribution is 2.26. The number of hydrogen-bond donors (Lipinski definition) is 0. The summed E-state index contributed by atoms with van der Waals surface area (Å²) in [6.45, 7) is 0.858. The predicted molar refractivity (Wildman–Crippen MR) is 89.3 cm³/mol. The van der Waals surface area contributed by atoms with E-state index in [-0.39, 0.29) is 0 Å². The number of fused-ring (bicyclic) bond motifs is 1. The Labute approximate surface area is 134 Å². The third kappa shape index (κ3) is 2.48. The first-order chi connectivity index (χ1) is 11.2. The maximum Gasteiger partial charge on any atom is 0.303 e. The smallest absolute Gasteiger partial charge is 0.303 e. The number of nitrogens with zero attached hydrogens (tertiary/aromatic N) is 5. The summed E-state index contributed by atoms with van der Waals surface area (Å²) in [6, 6.07) is 12.3. The average Bonchev–Trinajstić information content (AvgIpc) is 3.13. The van der Waals surface area contributed by atoms with Crippen molar-refractivity contribution in [2.75, 3.05) is 18.6 Å². The molecule has 3 aromatic rings. The summed E-state index contributed by atoms with van der Waals surface area (Å²) in [5.41, 5.74) is 2.76. The molecule has 0 unspecified atom stereocenters. The lowest BCUT2D eigenvalue weighted by molar-refractivity contribution is 0.427. The molecule has 0 amide bonds. The van der Waals surface area contributed by atoms with E-state index in [1.54, 1.807) is 6.20 Å². The number of rotatable bonds is 3. The van der Waals surface area contributed by atoms with E-state index in [4.69, 9.17) is 4.74 Å². The van der Waals surface area contributed by atoms with E-state index in [2.05, 4.69) is 32.2 Å². The molecule has 1 aliphatic heterocycles. The fourth-order valence-electron chi connectivity index (χ4n) is 2.60. The summed E-state index contributed by atoms with van der Waals surface area (Å²) >= 11 is 0. The molecule has 0 saturated carbocycles. The van der Waals surface area contributed by atoms with Crippen molar-refractivity contribution in [2.24, 2.45) is 7.05 Å². The number of pyridine rings is 1. The van der Waals surface area contributed by atoms with Gasteiger partial charge in [0.05, 0.1) is 6.67 Å². The standard InChI is InChI=1S/C17H17N5O/c1-20-10-11-22(12-20)13-5-7-14(8-6-13)23-17-19-15-4-3-9-18-16(15)21(17)2/h3-11H,12H2,1-2H3. The lowest BCUT2D eigenvalue weighted by Gasteiger charge is -2.18. The first-order valence-corrected chi connectivity index (χ1v) is 7.41. The minimum atomic E-state index is 0.534. The van der Waals surface area contributed by atoms with Crippen molar-refractivity contribution < 1.29 is 4.74 Å². The zero-order valence-corrected chi connectivity index (χ0v) is 13.0. The van der Waals surface area contributed by atoms with Crippen LogP contribution in [0.1, 0.15) is 0 Å². The van der Waals surface area contributed by atoms with Crippen LogP contribution in [0.2, 0.25) is 0 Å². The molecule has 23 heavy (non-hydrogen) atoms. The number of imidazole rings is 1. The van der Waals surface area contributed by atoms with Gasteiger partial charge >= 0.3 is 6.01 Å². The van der Waals surface area contributed by atoms with Crippen molar-refractivity contribution in [3.63, 3.8) is 0 Å². The van der Waals surface area contributed by atoms with Crippen LogP contribution in [0.4, 0.5) is 5.69 Å². The second kappa shape index (κ2) is 5.31. The highest BCUT2D eigenvalue weighted by Gasteiger charge is 2.12. The molecule has 4 rings (SSSR count). The van der Waals surface area contributed by atoms with Crippen LogP contribution >= 0.6 is 0 Å². The minimum Gasteiger partial charge on any atom is -0.425 e. The third-order valence-corrected chi connectivity index (χ3v) is 3.84. The Morgan fingerprint density at radius 2 is 1.87 bits per heavy atom. The van der Waals surface area contributed by atoms with Gasteiger partial charge in [-0.05, 0) is 36.4 Å². The summed E-state index contributed by atoms with van der Waals surface area (Å²) in [7, 11) is 3.95. The van der Waals surface area contributed by atoms with Gasteiger partial charge in [-0.25, -0.2) is 4.98 Å². The predicted octanol–water partition coefficient (Wildman–Crippen LogP) is 2.94. The van der Waals surface area contributed by atoms with E-state index in [9.17, 15) is 0 Å². The van der Waals surface area contributed by atoms with Gasteiger partial charge in [-0.3, -0.25) is 4.57 Å². The van der Waals surface area contributed by atoms with Crippen molar-refractivity contribution in [2.45, 2.75) is 0 Å². The highest BCUT2D eigenvalue weighted by atomic mass is 16.5. The summed E-state index contributed by atoms with van der Waals surface area (Å²) < 4.78 is 7.75. The fourth-order valence-corrected chi connectivity index (χ4v) is 2.60. The van der Waals surface area contributed by atoms with Gasteiger partial charge in [0.25, 0.3) is 0 Å². The van der Waals surface area contributed by atoms with Crippen LogP contribution in [-0.4, -0.2) is 33.2 Å². The van der Waals surface area contributed by atoms with Gasteiger partial charge in [0.15, 0.2) is 5.65 Å². The Morgan fingerprint density at radius 3 is 2.57 bits per heavy atom. The van der Waals surface area contributed by atoms with E-state index >= 15 is 0 Å². The number of ether oxygens (including phenoxy) is 1. The lowest BCUT2D eigenvalue weighted by atomic mass is 10.3. The molecule has 1 aliphatic rings. The second-order valence-electron chi connectivity index (χ2n) is 5.56. The molecule has 0 N–H and O–H groups in total. The van der Waals surface area contributed by atoms with Gasteiger partial charge < -0.3 is 14.5 Å². The van der Waals surface area contributed by atoms with Crippen molar-refractivity contribution in [1.82, 2.24) is 19.4 Å². The van der Waals surface area contributed by atoms with Crippen LogP contribution in [-0.2, 0) is 7.05 Å². The molecule has 116 valence electrons. The Balaban J connectivity index is 1.56. The Morgan fingerprint density at radius 1 is 1.04 bits per heavy atom. The lowest BCUT2D eigenvalue weighted by Crippen LogP contribution is -2.21. The molecule has 6 heteroatoms. The van der Waals surface area contributed by atoms with Crippen LogP contribution in [0.25, 0.3) is 11.2 Å². The molecule has 0 atom stereocenters. The van der Waals surface area contributed by atoms with Crippen molar-refractivity contribution in [3.8, 4) is 11.8 Å². The molecule has 0 fully saturated rings. The Hall–Kier alpha value is -3.02. The second-order valence-corrected chi connectivity index (χ2v) is 5.56. The first kappa shape index (κ1) is 13.6. The molecule has 2 aromatic heterocycles. The molecule has 0 aliphatic carbocycles. The maximum absolute atomic E-state index is 5.90. The average molecular weight is 307 g/mol. The summed E-state index contributed by atoms with van der Waals surface area (Å²) in [6.07, 6.45) is 5.87. The number of benzene rings is 1. The molecule has 0 spiro atoms. The molecular formula is C17H17N5O. The van der Waals surface area contributed by atoms with Gasteiger partial charge in [0, 0.05) is 38.4 Å².